The summed E-state index contributed by atoms with van der Waals surface area (Å²) in [5.41, 5.74) is 4.79. The summed E-state index contributed by atoms with van der Waals surface area (Å²) in [6.07, 6.45) is -0.630. The molecule has 0 unspecified atom stereocenters. The lowest BCUT2D eigenvalue weighted by molar-refractivity contribution is -0.141. The van der Waals surface area contributed by atoms with E-state index < -0.39 is 30.1 Å². The van der Waals surface area contributed by atoms with Crippen molar-refractivity contribution in [1.82, 2.24) is 10.6 Å². The number of hydrogen-bond donors (Lipinski definition) is 4. The number of carbonyl (C=O) groups excluding carboxylic acids is 3. The van der Waals surface area contributed by atoms with Crippen molar-refractivity contribution in [3.63, 3.8) is 0 Å². The number of hydrogen-bond acceptors (Lipinski definition) is 7. The Morgan fingerprint density at radius 2 is 1.87 bits per heavy atom. The van der Waals surface area contributed by atoms with E-state index in [0.29, 0.717) is 5.75 Å². The van der Waals surface area contributed by atoms with E-state index in [1.807, 2.05) is 0 Å². The van der Waals surface area contributed by atoms with Gasteiger partial charge in [0, 0.05) is 17.9 Å². The third-order valence-electron chi connectivity index (χ3n) is 2.44. The van der Waals surface area contributed by atoms with Crippen molar-refractivity contribution in [3.8, 4) is 0 Å². The molecule has 0 saturated heterocycles. The van der Waals surface area contributed by atoms with E-state index in [4.69, 9.17) is 10.8 Å². The maximum Gasteiger partial charge on any atom is 0.404 e. The number of carbonyl (C=O) groups is 4. The van der Waals surface area contributed by atoms with E-state index in [2.05, 4.69) is 15.4 Å². The molecule has 5 N–H and O–H groups in total. The van der Waals surface area contributed by atoms with Gasteiger partial charge in [0.1, 0.15) is 18.7 Å². The molecule has 2 atom stereocenters. The highest BCUT2D eigenvalue weighted by molar-refractivity contribution is 8.76. The molecule has 0 fully saturated rings. The molecule has 3 amide bonds. The van der Waals surface area contributed by atoms with E-state index in [1.165, 1.54) is 28.5 Å². The molecule has 9 nitrogen and oxygen atoms in total. The van der Waals surface area contributed by atoms with E-state index in [-0.39, 0.29) is 24.7 Å². The van der Waals surface area contributed by atoms with Crippen molar-refractivity contribution in [1.29, 1.82) is 0 Å². The van der Waals surface area contributed by atoms with Gasteiger partial charge >= 0.3 is 12.1 Å². The Kier molecular flexibility index (Phi) is 11.0. The minimum Gasteiger partial charge on any atom is -0.480 e. The Balaban J connectivity index is 4.15. The van der Waals surface area contributed by atoms with Crippen LogP contribution in [0.25, 0.3) is 0 Å². The number of carboxylic acid groups (broad SMARTS) is 1. The quantitative estimate of drug-likeness (QED) is 0.293. The average molecular weight is 367 g/mol. The molecule has 0 aromatic carbocycles. The largest absolute Gasteiger partial charge is 0.480 e. The lowest BCUT2D eigenvalue weighted by Crippen LogP contribution is -2.51. The predicted molar refractivity (Wildman–Crippen MR) is 87.9 cm³/mol. The zero-order chi connectivity index (χ0) is 17.8. The number of ether oxygens (including phenoxy) is 1. The number of primary amides is 1. The molecule has 23 heavy (non-hydrogen) atoms. The maximum atomic E-state index is 11.8. The number of amides is 3. The van der Waals surface area contributed by atoms with E-state index in [9.17, 15) is 19.2 Å². The van der Waals surface area contributed by atoms with E-state index in [1.54, 1.807) is 6.92 Å². The first-order valence-corrected chi connectivity index (χ1v) is 9.25. The second-order valence-corrected chi connectivity index (χ2v) is 6.94. The van der Waals surface area contributed by atoms with Crippen LogP contribution in [-0.4, -0.2) is 59.2 Å². The third-order valence-corrected chi connectivity index (χ3v) is 4.81. The molecule has 0 radical (unpaired) electrons. The Bertz CT molecular complexity index is 435. The van der Waals surface area contributed by atoms with Crippen molar-refractivity contribution < 1.29 is 29.0 Å². The second kappa shape index (κ2) is 11.9. The molecule has 132 valence electrons. The van der Waals surface area contributed by atoms with Gasteiger partial charge in [0.2, 0.25) is 11.8 Å². The Morgan fingerprint density at radius 3 is 2.39 bits per heavy atom. The summed E-state index contributed by atoms with van der Waals surface area (Å²) < 4.78 is 4.52. The smallest absolute Gasteiger partial charge is 0.404 e. The topological polar surface area (TPSA) is 148 Å². The van der Waals surface area contributed by atoms with Crippen molar-refractivity contribution in [2.45, 2.75) is 32.4 Å². The number of rotatable bonds is 11. The van der Waals surface area contributed by atoms with E-state index in [0.717, 1.165) is 0 Å². The van der Waals surface area contributed by atoms with Gasteiger partial charge in [-0.3, -0.25) is 9.59 Å². The highest BCUT2D eigenvalue weighted by Gasteiger charge is 2.23. The molecule has 0 aromatic heterocycles. The van der Waals surface area contributed by atoms with Crippen LogP contribution in [0.3, 0.4) is 0 Å². The first kappa shape index (κ1) is 21.4. The van der Waals surface area contributed by atoms with Crippen LogP contribution in [0, 0.1) is 0 Å². The van der Waals surface area contributed by atoms with Gasteiger partial charge < -0.3 is 26.2 Å². The molecule has 0 rings (SSSR count). The highest BCUT2D eigenvalue weighted by Crippen LogP contribution is 2.21. The third kappa shape index (κ3) is 10.7. The molecule has 0 bridgehead atoms. The van der Waals surface area contributed by atoms with Crippen LogP contribution >= 0.6 is 21.6 Å². The van der Waals surface area contributed by atoms with Crippen LogP contribution < -0.4 is 16.4 Å². The fourth-order valence-corrected chi connectivity index (χ4v) is 3.21. The molecule has 0 spiro atoms. The maximum absolute atomic E-state index is 11.8. The summed E-state index contributed by atoms with van der Waals surface area (Å²) in [4.78, 5) is 44.5. The fourth-order valence-electron chi connectivity index (χ4n) is 1.23. The fraction of sp³-hybridized carbons (Fsp3) is 0.667. The zero-order valence-electron chi connectivity index (χ0n) is 12.9. The van der Waals surface area contributed by atoms with Crippen LogP contribution in [0.5, 0.6) is 0 Å². The normalized spacial score (nSPS) is 12.8. The second-order valence-electron chi connectivity index (χ2n) is 4.32. The molecule has 0 aliphatic rings. The summed E-state index contributed by atoms with van der Waals surface area (Å²) in [6, 6.07) is -1.90. The van der Waals surface area contributed by atoms with E-state index >= 15 is 0 Å². The van der Waals surface area contributed by atoms with Gasteiger partial charge in [0.25, 0.3) is 0 Å². The summed E-state index contributed by atoms with van der Waals surface area (Å²) in [5.74, 6) is -1.47. The molecular weight excluding hydrogens is 346 g/mol. The van der Waals surface area contributed by atoms with Crippen molar-refractivity contribution >= 4 is 45.5 Å². The Hall–Kier alpha value is -1.62. The predicted octanol–water partition coefficient (Wildman–Crippen LogP) is -0.0528. The van der Waals surface area contributed by atoms with Crippen molar-refractivity contribution in [2.24, 2.45) is 5.73 Å². The summed E-state index contributed by atoms with van der Waals surface area (Å²) in [5, 5.41) is 13.9. The number of carboxylic acids is 1. The number of nitrogens with two attached hydrogens (primary N) is 1. The Labute approximate surface area is 141 Å². The molecule has 11 heteroatoms. The van der Waals surface area contributed by atoms with Gasteiger partial charge in [-0.2, -0.15) is 0 Å². The number of nitrogens with one attached hydrogen (secondary N) is 2. The first-order chi connectivity index (χ1) is 10.8. The monoisotopic (exact) mass is 367 g/mol. The van der Waals surface area contributed by atoms with Gasteiger partial charge in [-0.1, -0.05) is 28.5 Å². The first-order valence-electron chi connectivity index (χ1n) is 6.77. The molecule has 0 aliphatic carbocycles. The summed E-state index contributed by atoms with van der Waals surface area (Å²) >= 11 is 0. The van der Waals surface area contributed by atoms with Crippen LogP contribution in [0.4, 0.5) is 4.79 Å². The minimum absolute atomic E-state index is 0.122. The van der Waals surface area contributed by atoms with Gasteiger partial charge in [-0.25, -0.2) is 9.59 Å². The molecule has 0 aliphatic heterocycles. The molecule has 0 heterocycles. The highest BCUT2D eigenvalue weighted by atomic mass is 33.1. The zero-order valence-corrected chi connectivity index (χ0v) is 14.5. The lowest BCUT2D eigenvalue weighted by atomic mass is 10.2. The van der Waals surface area contributed by atoms with Gasteiger partial charge in [0.05, 0.1) is 0 Å². The van der Waals surface area contributed by atoms with Crippen LogP contribution in [0.1, 0.15) is 20.3 Å². The van der Waals surface area contributed by atoms with Gasteiger partial charge in [-0.05, 0) is 6.92 Å². The number of aliphatic carboxylic acids is 1. The molecule has 0 aromatic rings. The minimum atomic E-state index is -1.17. The average Bonchev–Trinajstić information content (AvgIpc) is 2.48. The molecular formula is C12H21N3O6S2. The standard InChI is InChI=1S/C12H21N3O6S2/c1-3-9(16)14-7(2)10(17)15-8(11(18)19)6-23-22-5-4-21-12(13)20/h7-8H,3-6H2,1-2H3,(H2,13,20)(H,14,16)(H,15,17)(H,18,19)/t7-,8-/m1/s1. The Morgan fingerprint density at radius 1 is 1.22 bits per heavy atom. The van der Waals surface area contributed by atoms with Crippen LogP contribution in [0.2, 0.25) is 0 Å². The van der Waals surface area contributed by atoms with Crippen LogP contribution in [0.15, 0.2) is 0 Å². The summed E-state index contributed by atoms with van der Waals surface area (Å²) in [6.45, 7) is 3.25. The van der Waals surface area contributed by atoms with Gasteiger partial charge in [-0.15, -0.1) is 0 Å². The van der Waals surface area contributed by atoms with Crippen molar-refractivity contribution in [3.05, 3.63) is 0 Å². The van der Waals surface area contributed by atoms with Gasteiger partial charge in [0.15, 0.2) is 0 Å². The summed E-state index contributed by atoms with van der Waals surface area (Å²) in [7, 11) is 2.51. The SMILES string of the molecule is CCC(=O)N[C@H](C)C(=O)N[C@H](CSSCCOC(N)=O)C(=O)O. The molecule has 0 saturated carbocycles. The van der Waals surface area contributed by atoms with Crippen molar-refractivity contribution in [2.75, 3.05) is 18.1 Å². The van der Waals surface area contributed by atoms with Crippen LogP contribution in [-0.2, 0) is 19.1 Å². The lowest BCUT2D eigenvalue weighted by Gasteiger charge is -2.18.